The van der Waals surface area contributed by atoms with Crippen LogP contribution in [0.3, 0.4) is 0 Å². The van der Waals surface area contributed by atoms with Crippen LogP contribution in [0.25, 0.3) is 0 Å². The molecule has 0 bridgehead atoms. The zero-order valence-electron chi connectivity index (χ0n) is 17.6. The Kier molecular flexibility index (Phi) is 9.81. The second kappa shape index (κ2) is 12.3. The van der Waals surface area contributed by atoms with Gasteiger partial charge >= 0.3 is 0 Å². The predicted molar refractivity (Wildman–Crippen MR) is 122 cm³/mol. The van der Waals surface area contributed by atoms with Crippen molar-refractivity contribution in [1.29, 1.82) is 0 Å². The molecular weight excluding hydrogens is 380 g/mol. The summed E-state index contributed by atoms with van der Waals surface area (Å²) in [5, 5.41) is 3.28. The van der Waals surface area contributed by atoms with Gasteiger partial charge in [-0.25, -0.2) is 0 Å². The highest BCUT2D eigenvalue weighted by Crippen LogP contribution is 2.35. The van der Waals surface area contributed by atoms with Gasteiger partial charge in [-0.2, -0.15) is 0 Å². The molecule has 4 nitrogen and oxygen atoms in total. The molecule has 0 spiro atoms. The molecule has 0 heterocycles. The van der Waals surface area contributed by atoms with E-state index in [1.165, 1.54) is 5.56 Å². The molecule has 3 N–H and O–H groups in total. The van der Waals surface area contributed by atoms with Gasteiger partial charge < -0.3 is 20.6 Å². The number of methoxy groups -OCH3 is 1. The van der Waals surface area contributed by atoms with Crippen molar-refractivity contribution in [2.45, 2.75) is 44.0 Å². The van der Waals surface area contributed by atoms with E-state index in [1.54, 1.807) is 18.9 Å². The second-order valence-corrected chi connectivity index (χ2v) is 8.09. The minimum atomic E-state index is -0.214. The van der Waals surface area contributed by atoms with E-state index in [0.29, 0.717) is 0 Å². The molecule has 2 aromatic carbocycles. The highest BCUT2D eigenvalue weighted by atomic mass is 32.2. The lowest BCUT2D eigenvalue weighted by Crippen LogP contribution is -2.15. The third-order valence-electron chi connectivity index (χ3n) is 4.91. The molecule has 0 amide bonds. The second-order valence-electron chi connectivity index (χ2n) is 6.94. The van der Waals surface area contributed by atoms with Crippen LogP contribution in [-0.4, -0.2) is 19.9 Å². The summed E-state index contributed by atoms with van der Waals surface area (Å²) in [6.07, 6.45) is 5.77. The van der Waals surface area contributed by atoms with Crippen molar-refractivity contribution >= 4 is 18.0 Å². The predicted octanol–water partition coefficient (Wildman–Crippen LogP) is 5.10. The van der Waals surface area contributed by atoms with Gasteiger partial charge in [-0.05, 0) is 61.6 Å². The summed E-state index contributed by atoms with van der Waals surface area (Å²) < 4.78 is 5.24. The van der Waals surface area contributed by atoms with Crippen LogP contribution in [0.1, 0.15) is 43.9 Å². The van der Waals surface area contributed by atoms with E-state index in [-0.39, 0.29) is 12.0 Å². The quantitative estimate of drug-likeness (QED) is 0.375. The summed E-state index contributed by atoms with van der Waals surface area (Å²) in [4.78, 5) is 13.2. The minimum absolute atomic E-state index is 0.146. The van der Waals surface area contributed by atoms with E-state index >= 15 is 0 Å². The number of nitrogens with one attached hydrogen (secondary N) is 1. The fraction of sp³-hybridized carbons (Fsp3) is 0.375. The van der Waals surface area contributed by atoms with Crippen LogP contribution >= 0.6 is 11.8 Å². The lowest BCUT2D eigenvalue weighted by Gasteiger charge is -2.17. The molecule has 0 aliphatic carbocycles. The van der Waals surface area contributed by atoms with Crippen LogP contribution < -0.4 is 15.8 Å². The van der Waals surface area contributed by atoms with Gasteiger partial charge in [0.2, 0.25) is 0 Å². The Bertz CT molecular complexity index is 772. The fourth-order valence-electron chi connectivity index (χ4n) is 2.94. The SMILES string of the molecule is CCN/C=C(/Sc1ccc(OC)cc1)C(N)c1ccc(CCC(C=O)CC)cc1. The van der Waals surface area contributed by atoms with Crippen LogP contribution in [0, 0.1) is 5.92 Å². The Morgan fingerprint density at radius 2 is 1.83 bits per heavy atom. The van der Waals surface area contributed by atoms with Crippen molar-refractivity contribution in [3.63, 3.8) is 0 Å². The number of hydrogen-bond acceptors (Lipinski definition) is 5. The third-order valence-corrected chi connectivity index (χ3v) is 6.02. The Morgan fingerprint density at radius 1 is 1.14 bits per heavy atom. The molecule has 0 aromatic heterocycles. The summed E-state index contributed by atoms with van der Waals surface area (Å²) in [6, 6.07) is 16.2. The van der Waals surface area contributed by atoms with E-state index < -0.39 is 0 Å². The van der Waals surface area contributed by atoms with Crippen LogP contribution in [0.4, 0.5) is 0 Å². The maximum atomic E-state index is 11.0. The Labute approximate surface area is 178 Å². The zero-order chi connectivity index (χ0) is 21.1. The molecule has 0 fully saturated rings. The topological polar surface area (TPSA) is 64.3 Å². The lowest BCUT2D eigenvalue weighted by molar-refractivity contribution is -0.111. The monoisotopic (exact) mass is 412 g/mol. The molecule has 0 radical (unpaired) electrons. The van der Waals surface area contributed by atoms with Crippen LogP contribution in [0.5, 0.6) is 5.75 Å². The van der Waals surface area contributed by atoms with Crippen molar-refractivity contribution < 1.29 is 9.53 Å². The molecule has 29 heavy (non-hydrogen) atoms. The van der Waals surface area contributed by atoms with Crippen molar-refractivity contribution in [3.05, 3.63) is 70.8 Å². The average Bonchev–Trinajstić information content (AvgIpc) is 2.77. The van der Waals surface area contributed by atoms with E-state index in [9.17, 15) is 4.79 Å². The highest BCUT2D eigenvalue weighted by molar-refractivity contribution is 8.03. The van der Waals surface area contributed by atoms with Gasteiger partial charge in [0.1, 0.15) is 12.0 Å². The molecule has 2 aromatic rings. The molecular formula is C24H32N2O2S. The first-order chi connectivity index (χ1) is 14.1. The molecule has 0 aliphatic rings. The van der Waals surface area contributed by atoms with Gasteiger partial charge in [0.05, 0.1) is 13.2 Å². The van der Waals surface area contributed by atoms with Crippen LogP contribution in [0.2, 0.25) is 0 Å². The molecule has 0 saturated heterocycles. The number of nitrogens with two attached hydrogens (primary N) is 1. The standard InChI is InChI=1S/C24H32N2O2S/c1-4-18(17-27)6-7-19-8-10-20(11-9-19)24(25)23(16-26-5-2)29-22-14-12-21(28-3)13-15-22/h8-18,24,26H,4-7,25H2,1-3H3/b23-16+. The van der Waals surface area contributed by atoms with Gasteiger partial charge in [0, 0.05) is 28.5 Å². The summed E-state index contributed by atoms with van der Waals surface area (Å²) in [6.45, 7) is 4.96. The van der Waals surface area contributed by atoms with Gasteiger partial charge in [-0.3, -0.25) is 0 Å². The minimum Gasteiger partial charge on any atom is -0.497 e. The van der Waals surface area contributed by atoms with Crippen LogP contribution in [0.15, 0.2) is 64.5 Å². The number of carbonyl (C=O) groups excluding carboxylic acids is 1. The number of thioether (sulfide) groups is 1. The summed E-state index contributed by atoms with van der Waals surface area (Å²) in [7, 11) is 1.67. The summed E-state index contributed by atoms with van der Waals surface area (Å²) in [5.74, 6) is 0.985. The van der Waals surface area contributed by atoms with Gasteiger partial charge in [-0.1, -0.05) is 43.0 Å². The maximum absolute atomic E-state index is 11.0. The number of aldehydes is 1. The van der Waals surface area contributed by atoms with E-state index in [0.717, 1.165) is 53.2 Å². The molecule has 156 valence electrons. The molecule has 2 atom stereocenters. The van der Waals surface area contributed by atoms with Gasteiger partial charge in [0.15, 0.2) is 0 Å². The fourth-order valence-corrected chi connectivity index (χ4v) is 3.89. The Hall–Kier alpha value is -2.24. The smallest absolute Gasteiger partial charge is 0.123 e. The highest BCUT2D eigenvalue weighted by Gasteiger charge is 2.14. The number of rotatable bonds is 12. The maximum Gasteiger partial charge on any atom is 0.123 e. The first kappa shape index (κ1) is 23.0. The first-order valence-corrected chi connectivity index (χ1v) is 11.0. The number of ether oxygens (including phenoxy) is 1. The largest absolute Gasteiger partial charge is 0.497 e. The number of aryl methyl sites for hydroxylation is 1. The lowest BCUT2D eigenvalue weighted by atomic mass is 9.97. The first-order valence-electron chi connectivity index (χ1n) is 10.2. The molecule has 2 unspecified atom stereocenters. The number of benzene rings is 2. The van der Waals surface area contributed by atoms with Crippen molar-refractivity contribution in [3.8, 4) is 5.75 Å². The Morgan fingerprint density at radius 3 is 2.38 bits per heavy atom. The molecule has 0 aliphatic heterocycles. The summed E-state index contributed by atoms with van der Waals surface area (Å²) >= 11 is 1.65. The van der Waals surface area contributed by atoms with E-state index in [4.69, 9.17) is 10.5 Å². The zero-order valence-corrected chi connectivity index (χ0v) is 18.4. The third kappa shape index (κ3) is 7.26. The van der Waals surface area contributed by atoms with E-state index in [1.807, 2.05) is 30.5 Å². The van der Waals surface area contributed by atoms with Gasteiger partial charge in [0.25, 0.3) is 0 Å². The Balaban J connectivity index is 2.09. The summed E-state index contributed by atoms with van der Waals surface area (Å²) in [5.41, 5.74) is 8.91. The van der Waals surface area contributed by atoms with Crippen molar-refractivity contribution in [2.24, 2.45) is 11.7 Å². The number of carbonyl (C=O) groups is 1. The molecule has 0 saturated carbocycles. The number of hydrogen-bond donors (Lipinski definition) is 2. The van der Waals surface area contributed by atoms with Crippen LogP contribution in [-0.2, 0) is 11.2 Å². The van der Waals surface area contributed by atoms with Crippen molar-refractivity contribution in [2.75, 3.05) is 13.7 Å². The van der Waals surface area contributed by atoms with Gasteiger partial charge in [-0.15, -0.1) is 0 Å². The normalized spacial score (nSPS) is 13.6. The average molecular weight is 413 g/mol. The van der Waals surface area contributed by atoms with E-state index in [2.05, 4.69) is 43.4 Å². The molecule has 2 rings (SSSR count). The van der Waals surface area contributed by atoms with Crippen molar-refractivity contribution in [1.82, 2.24) is 5.32 Å². The molecule has 5 heteroatoms.